The number of nitrogens with zero attached hydrogens (tertiary/aromatic N) is 2. The highest BCUT2D eigenvalue weighted by atomic mass is 16.3. The van der Waals surface area contributed by atoms with Crippen molar-refractivity contribution in [2.24, 2.45) is 0 Å². The molecule has 1 saturated heterocycles. The minimum atomic E-state index is -0.401. The van der Waals surface area contributed by atoms with Crippen LogP contribution < -0.4 is 5.32 Å². The van der Waals surface area contributed by atoms with Gasteiger partial charge in [0.15, 0.2) is 0 Å². The summed E-state index contributed by atoms with van der Waals surface area (Å²) in [4.78, 5) is 41.4. The van der Waals surface area contributed by atoms with E-state index in [0.717, 1.165) is 31.0 Å². The second-order valence-electron chi connectivity index (χ2n) is 7.90. The maximum atomic E-state index is 12.7. The molecule has 0 saturated carbocycles. The fraction of sp³-hybridized carbons (Fsp3) is 0.435. The van der Waals surface area contributed by atoms with Crippen LogP contribution in [0.1, 0.15) is 68.9 Å². The van der Waals surface area contributed by atoms with Crippen LogP contribution in [0.3, 0.4) is 0 Å². The number of hydrogen-bond donors (Lipinski definition) is 1. The zero-order valence-electron chi connectivity index (χ0n) is 17.1. The minimum Gasteiger partial charge on any atom is -0.467 e. The molecular weight excluding hydrogens is 382 g/mol. The second kappa shape index (κ2) is 9.26. The number of carbonyl (C=O) groups excluding carboxylic acids is 3. The number of likely N-dealkylation sites (tertiary alicyclic amines) is 1. The van der Waals surface area contributed by atoms with Crippen LogP contribution in [0, 0.1) is 0 Å². The van der Waals surface area contributed by atoms with E-state index in [4.69, 9.17) is 4.42 Å². The molecule has 2 aromatic rings. The van der Waals surface area contributed by atoms with Gasteiger partial charge >= 0.3 is 0 Å². The first-order valence-corrected chi connectivity index (χ1v) is 10.7. The molecule has 1 aromatic heterocycles. The van der Waals surface area contributed by atoms with E-state index in [1.165, 1.54) is 38.0 Å². The van der Waals surface area contributed by atoms with Crippen LogP contribution in [-0.2, 0) is 6.54 Å². The summed E-state index contributed by atoms with van der Waals surface area (Å²) >= 11 is 0. The smallest absolute Gasteiger partial charge is 0.261 e. The van der Waals surface area contributed by atoms with Crippen LogP contribution in [0.25, 0.3) is 0 Å². The largest absolute Gasteiger partial charge is 0.467 e. The third-order valence-electron chi connectivity index (χ3n) is 5.76. The molecule has 0 bridgehead atoms. The molecule has 0 aliphatic carbocycles. The van der Waals surface area contributed by atoms with Gasteiger partial charge in [0.25, 0.3) is 17.7 Å². The summed E-state index contributed by atoms with van der Waals surface area (Å²) in [6.45, 7) is 3.94. The first-order chi connectivity index (χ1) is 14.6. The molecule has 0 radical (unpaired) electrons. The van der Waals surface area contributed by atoms with Crippen molar-refractivity contribution in [3.63, 3.8) is 0 Å². The lowest BCUT2D eigenvalue weighted by atomic mass is 10.1. The molecule has 2 aliphatic heterocycles. The first-order valence-electron chi connectivity index (χ1n) is 10.7. The van der Waals surface area contributed by atoms with E-state index in [1.807, 2.05) is 0 Å². The molecule has 2 aliphatic rings. The Morgan fingerprint density at radius 3 is 2.50 bits per heavy atom. The zero-order chi connectivity index (χ0) is 20.9. The number of furan rings is 1. The quantitative estimate of drug-likeness (QED) is 0.561. The maximum Gasteiger partial charge on any atom is 0.261 e. The lowest BCUT2D eigenvalue weighted by molar-refractivity contribution is 0.0631. The molecule has 3 amide bonds. The Labute approximate surface area is 176 Å². The van der Waals surface area contributed by atoms with Crippen LogP contribution in [0.15, 0.2) is 41.0 Å². The summed E-state index contributed by atoms with van der Waals surface area (Å²) in [5, 5.41) is 2.93. The highest BCUT2D eigenvalue weighted by Gasteiger charge is 2.36. The van der Waals surface area contributed by atoms with E-state index in [0.29, 0.717) is 23.4 Å². The Morgan fingerprint density at radius 2 is 1.77 bits per heavy atom. The topological polar surface area (TPSA) is 82.9 Å². The summed E-state index contributed by atoms with van der Waals surface area (Å²) in [6.07, 6.45) is 7.53. The normalized spacial score (nSPS) is 17.1. The molecule has 7 nitrogen and oxygen atoms in total. The molecule has 3 heterocycles. The van der Waals surface area contributed by atoms with Gasteiger partial charge in [-0.3, -0.25) is 19.3 Å². The number of amides is 3. The van der Waals surface area contributed by atoms with Gasteiger partial charge in [0.2, 0.25) is 0 Å². The molecule has 158 valence electrons. The van der Waals surface area contributed by atoms with Crippen molar-refractivity contribution in [2.75, 3.05) is 26.2 Å². The SMILES string of the molecule is O=C(NCCCN1CCCCCC1)c1ccc2c(c1)C(=O)N(Cc1ccco1)C2=O. The average molecular weight is 409 g/mol. The third-order valence-corrected chi connectivity index (χ3v) is 5.76. The third kappa shape index (κ3) is 4.46. The lowest BCUT2D eigenvalue weighted by Gasteiger charge is -2.19. The van der Waals surface area contributed by atoms with Crippen molar-refractivity contribution in [1.29, 1.82) is 0 Å². The Hall–Kier alpha value is -2.93. The summed E-state index contributed by atoms with van der Waals surface area (Å²) in [5.74, 6) is -0.455. The van der Waals surface area contributed by atoms with Gasteiger partial charge in [-0.15, -0.1) is 0 Å². The van der Waals surface area contributed by atoms with Gasteiger partial charge in [0.1, 0.15) is 5.76 Å². The summed E-state index contributed by atoms with van der Waals surface area (Å²) in [6, 6.07) is 8.10. The van der Waals surface area contributed by atoms with Crippen molar-refractivity contribution in [3.05, 3.63) is 59.0 Å². The molecular formula is C23H27N3O4. The Kier molecular flexibility index (Phi) is 6.28. The second-order valence-corrected chi connectivity index (χ2v) is 7.90. The van der Waals surface area contributed by atoms with Gasteiger partial charge < -0.3 is 14.6 Å². The molecule has 1 fully saturated rings. The van der Waals surface area contributed by atoms with E-state index >= 15 is 0 Å². The Balaban J connectivity index is 1.33. The van der Waals surface area contributed by atoms with E-state index in [-0.39, 0.29) is 23.9 Å². The number of fused-ring (bicyclic) bond motifs is 1. The van der Waals surface area contributed by atoms with E-state index in [9.17, 15) is 14.4 Å². The fourth-order valence-corrected chi connectivity index (χ4v) is 4.10. The molecule has 30 heavy (non-hydrogen) atoms. The van der Waals surface area contributed by atoms with Crippen LogP contribution in [0.5, 0.6) is 0 Å². The predicted octanol–water partition coefficient (Wildman–Crippen LogP) is 3.07. The number of carbonyl (C=O) groups is 3. The van der Waals surface area contributed by atoms with Crippen molar-refractivity contribution in [3.8, 4) is 0 Å². The minimum absolute atomic E-state index is 0.0807. The van der Waals surface area contributed by atoms with Gasteiger partial charge in [-0.1, -0.05) is 12.8 Å². The molecule has 0 atom stereocenters. The number of hydrogen-bond acceptors (Lipinski definition) is 5. The molecule has 1 N–H and O–H groups in total. The van der Waals surface area contributed by atoms with Gasteiger partial charge in [-0.2, -0.15) is 0 Å². The predicted molar refractivity (Wildman–Crippen MR) is 111 cm³/mol. The lowest BCUT2D eigenvalue weighted by Crippen LogP contribution is -2.30. The van der Waals surface area contributed by atoms with Gasteiger partial charge in [0, 0.05) is 12.1 Å². The van der Waals surface area contributed by atoms with Crippen molar-refractivity contribution >= 4 is 17.7 Å². The Bertz CT molecular complexity index is 915. The first kappa shape index (κ1) is 20.3. The molecule has 7 heteroatoms. The monoisotopic (exact) mass is 409 g/mol. The number of nitrogens with one attached hydrogen (secondary N) is 1. The van der Waals surface area contributed by atoms with Gasteiger partial charge in [-0.05, 0) is 69.2 Å². The van der Waals surface area contributed by atoms with Gasteiger partial charge in [-0.25, -0.2) is 0 Å². The fourth-order valence-electron chi connectivity index (χ4n) is 4.10. The van der Waals surface area contributed by atoms with Crippen LogP contribution in [0.2, 0.25) is 0 Å². The van der Waals surface area contributed by atoms with Crippen LogP contribution in [0.4, 0.5) is 0 Å². The van der Waals surface area contributed by atoms with E-state index < -0.39 is 5.91 Å². The van der Waals surface area contributed by atoms with E-state index in [1.54, 1.807) is 24.3 Å². The Morgan fingerprint density at radius 1 is 1.00 bits per heavy atom. The highest BCUT2D eigenvalue weighted by Crippen LogP contribution is 2.25. The van der Waals surface area contributed by atoms with Crippen molar-refractivity contribution < 1.29 is 18.8 Å². The molecule has 1 aromatic carbocycles. The zero-order valence-corrected chi connectivity index (χ0v) is 17.1. The highest BCUT2D eigenvalue weighted by molar-refractivity contribution is 6.21. The van der Waals surface area contributed by atoms with Crippen molar-refractivity contribution in [2.45, 2.75) is 38.6 Å². The van der Waals surface area contributed by atoms with E-state index in [2.05, 4.69) is 10.2 Å². The summed E-state index contributed by atoms with van der Waals surface area (Å²) in [7, 11) is 0. The summed E-state index contributed by atoms with van der Waals surface area (Å²) in [5.41, 5.74) is 0.984. The standard InChI is InChI=1S/C23H27N3O4/c27-21(24-10-6-13-25-11-3-1-2-4-12-25)17-8-9-19-20(15-17)23(29)26(22(19)28)16-18-7-5-14-30-18/h5,7-9,14-15H,1-4,6,10-13,16H2,(H,24,27). The maximum absolute atomic E-state index is 12.7. The number of rotatable bonds is 7. The van der Waals surface area contributed by atoms with Crippen LogP contribution >= 0.6 is 0 Å². The summed E-state index contributed by atoms with van der Waals surface area (Å²) < 4.78 is 5.24. The molecule has 0 unspecified atom stereocenters. The number of benzene rings is 1. The van der Waals surface area contributed by atoms with Gasteiger partial charge in [0.05, 0.1) is 23.9 Å². The van der Waals surface area contributed by atoms with Crippen molar-refractivity contribution in [1.82, 2.24) is 15.1 Å². The molecule has 0 spiro atoms. The molecule has 4 rings (SSSR count). The van der Waals surface area contributed by atoms with Crippen LogP contribution in [-0.4, -0.2) is 53.7 Å². The average Bonchev–Trinajstić information content (AvgIpc) is 3.24. The number of imide groups is 1.